The number of fused-ring (bicyclic) bond motifs is 1. The van der Waals surface area contributed by atoms with Crippen molar-refractivity contribution < 1.29 is 24.0 Å². The van der Waals surface area contributed by atoms with Gasteiger partial charge >= 0.3 is 12.2 Å². The summed E-state index contributed by atoms with van der Waals surface area (Å²) in [6.45, 7) is 17.0. The van der Waals surface area contributed by atoms with Crippen LogP contribution in [0.3, 0.4) is 0 Å². The number of ether oxygens (including phenoxy) is 1. The first-order chi connectivity index (χ1) is 25.3. The summed E-state index contributed by atoms with van der Waals surface area (Å²) in [5, 5.41) is 25.8. The smallest absolute Gasteiger partial charge is 0.410 e. The number of anilines is 4. The number of benzene rings is 2. The Kier molecular flexibility index (Phi) is 12.1. The maximum Gasteiger partial charge on any atom is 0.410 e. The van der Waals surface area contributed by atoms with E-state index in [0.717, 1.165) is 40.8 Å². The Morgan fingerprint density at radius 3 is 2.43 bits per heavy atom. The molecule has 1 unspecified atom stereocenters. The molecule has 4 N–H and O–H groups in total. The zero-order chi connectivity index (χ0) is 39.4. The minimum absolute atomic E-state index is 0.180. The van der Waals surface area contributed by atoms with Gasteiger partial charge in [0.15, 0.2) is 5.82 Å². The van der Waals surface area contributed by atoms with Gasteiger partial charge in [0.2, 0.25) is 5.95 Å². The van der Waals surface area contributed by atoms with Crippen molar-refractivity contribution in [1.82, 2.24) is 30.0 Å². The first-order valence-corrected chi connectivity index (χ1v) is 20.8. The van der Waals surface area contributed by atoms with Crippen LogP contribution in [0, 0.1) is 5.41 Å². The van der Waals surface area contributed by atoms with Gasteiger partial charge in [-0.1, -0.05) is 62.7 Å². The number of nitrogens with one attached hydrogen (secondary N) is 3. The molecule has 288 valence electrons. The summed E-state index contributed by atoms with van der Waals surface area (Å²) in [6.07, 6.45) is 7.89. The first-order valence-electron chi connectivity index (χ1n) is 17.8. The maximum absolute atomic E-state index is 12.8. The fraction of sp³-hybridized carbons (Fsp3) is 0.410. The van der Waals surface area contributed by atoms with E-state index < -0.39 is 18.8 Å². The molecule has 2 amide bonds. The molecule has 0 saturated heterocycles. The van der Waals surface area contributed by atoms with E-state index >= 15 is 0 Å². The second-order valence-corrected chi connectivity index (χ2v) is 19.4. The predicted molar refractivity (Wildman–Crippen MR) is 217 cm³/mol. The summed E-state index contributed by atoms with van der Waals surface area (Å²) in [5.41, 5.74) is 3.45. The highest BCUT2D eigenvalue weighted by Gasteiger charge is 2.37. The lowest BCUT2D eigenvalue weighted by Gasteiger charge is -2.41. The summed E-state index contributed by atoms with van der Waals surface area (Å²) in [4.78, 5) is 35.5. The number of hydrogen-bond acceptors (Lipinski definition) is 9. The first kappa shape index (κ1) is 40.3. The van der Waals surface area contributed by atoms with Gasteiger partial charge in [-0.15, -0.1) is 0 Å². The van der Waals surface area contributed by atoms with Gasteiger partial charge in [-0.2, -0.15) is 10.1 Å². The molecule has 6 rings (SSSR count). The van der Waals surface area contributed by atoms with E-state index in [4.69, 9.17) is 16.3 Å². The van der Waals surface area contributed by atoms with Crippen LogP contribution in [0.4, 0.5) is 32.7 Å². The number of nitrogens with zero attached hydrogens (tertiary/aromatic N) is 5. The average molecular weight is 777 g/mol. The zero-order valence-electron chi connectivity index (χ0n) is 32.1. The molecule has 2 aliphatic heterocycles. The molecule has 2 aliphatic rings. The number of aromatic amines is 1. The third kappa shape index (κ3) is 10.2. The van der Waals surface area contributed by atoms with Crippen LogP contribution in [-0.2, 0) is 9.30 Å². The summed E-state index contributed by atoms with van der Waals surface area (Å²) >= 11 is 6.42. The number of carboxylic acid groups (broad SMARTS) is 1. The van der Waals surface area contributed by atoms with Gasteiger partial charge in [0.05, 0.1) is 23.1 Å². The van der Waals surface area contributed by atoms with Crippen LogP contribution in [0.2, 0.25) is 5.02 Å². The summed E-state index contributed by atoms with van der Waals surface area (Å²) < 4.78 is 18.0. The molecule has 0 radical (unpaired) electrons. The van der Waals surface area contributed by atoms with Gasteiger partial charge in [-0.3, -0.25) is 5.10 Å². The molecule has 13 nitrogen and oxygen atoms in total. The number of hydrogen-bond donors (Lipinski definition) is 4. The minimum Gasteiger partial charge on any atom is -0.465 e. The number of rotatable bonds is 6. The van der Waals surface area contributed by atoms with E-state index in [0.29, 0.717) is 47.3 Å². The monoisotopic (exact) mass is 776 g/mol. The minimum atomic E-state index is -2.54. The van der Waals surface area contributed by atoms with Crippen molar-refractivity contribution >= 4 is 75.9 Å². The number of para-hydroxylation sites is 1. The van der Waals surface area contributed by atoms with Gasteiger partial charge in [-0.05, 0) is 88.3 Å². The Morgan fingerprint density at radius 2 is 1.78 bits per heavy atom. The van der Waals surface area contributed by atoms with Gasteiger partial charge in [0, 0.05) is 42.1 Å². The van der Waals surface area contributed by atoms with E-state index in [1.165, 1.54) is 11.1 Å². The molecule has 2 aromatic carbocycles. The van der Waals surface area contributed by atoms with Crippen LogP contribution in [0.25, 0.3) is 16.5 Å². The van der Waals surface area contributed by atoms with E-state index in [1.54, 1.807) is 18.2 Å². The number of H-pyrrole nitrogens is 1. The number of carbonyl (C=O) groups excluding carboxylic acids is 1. The number of amides is 2. The molecular formula is C39H50ClN8O5P. The Balaban J connectivity index is 0.000000365. The molecular weight excluding hydrogens is 727 g/mol. The molecule has 4 aromatic rings. The van der Waals surface area contributed by atoms with Crippen LogP contribution in [-0.4, -0.2) is 91.9 Å². The topological polar surface area (TPSA) is 166 Å². The van der Waals surface area contributed by atoms with E-state index in [2.05, 4.69) is 57.6 Å². The lowest BCUT2D eigenvalue weighted by atomic mass is 9.79. The van der Waals surface area contributed by atoms with Gasteiger partial charge in [0.1, 0.15) is 17.8 Å². The third-order valence-corrected chi connectivity index (χ3v) is 10.7. The second kappa shape index (κ2) is 16.2. The number of carbonyl (C=O) groups is 2. The van der Waals surface area contributed by atoms with Crippen molar-refractivity contribution in [1.29, 1.82) is 0 Å². The fourth-order valence-corrected chi connectivity index (χ4v) is 7.50. The van der Waals surface area contributed by atoms with Crippen molar-refractivity contribution in [3.8, 4) is 0 Å². The molecule has 1 atom stereocenters. The summed E-state index contributed by atoms with van der Waals surface area (Å²) in [5.74, 6) is 0.718. The lowest BCUT2D eigenvalue weighted by molar-refractivity contribution is 0.0268. The van der Waals surface area contributed by atoms with E-state index in [1.807, 2.05) is 75.4 Å². The molecule has 0 saturated carbocycles. The molecule has 0 spiro atoms. The normalized spacial score (nSPS) is 16.3. The summed E-state index contributed by atoms with van der Waals surface area (Å²) in [6, 6.07) is 13.0. The van der Waals surface area contributed by atoms with Crippen molar-refractivity contribution in [2.75, 3.05) is 43.6 Å². The van der Waals surface area contributed by atoms with Crippen LogP contribution in [0.15, 0.2) is 66.9 Å². The Morgan fingerprint density at radius 1 is 1.04 bits per heavy atom. The van der Waals surface area contributed by atoms with Gasteiger partial charge < -0.3 is 34.8 Å². The van der Waals surface area contributed by atoms with Crippen LogP contribution in [0.5, 0.6) is 0 Å². The van der Waals surface area contributed by atoms with Crippen LogP contribution < -0.4 is 15.9 Å². The summed E-state index contributed by atoms with van der Waals surface area (Å²) in [7, 11) is -2.54. The zero-order valence-corrected chi connectivity index (χ0v) is 33.8. The highest BCUT2D eigenvalue weighted by atomic mass is 35.5. The lowest BCUT2D eigenvalue weighted by Crippen LogP contribution is -2.48. The van der Waals surface area contributed by atoms with Crippen molar-refractivity contribution in [2.24, 2.45) is 5.41 Å². The van der Waals surface area contributed by atoms with E-state index in [-0.39, 0.29) is 17.6 Å². The average Bonchev–Trinajstić information content (AvgIpc) is 3.52. The van der Waals surface area contributed by atoms with Crippen LogP contribution >= 0.6 is 18.7 Å². The van der Waals surface area contributed by atoms with E-state index in [9.17, 15) is 19.3 Å². The Hall–Kier alpha value is -4.87. The third-order valence-electron chi connectivity index (χ3n) is 8.88. The largest absolute Gasteiger partial charge is 0.465 e. The predicted octanol–water partition coefficient (Wildman–Crippen LogP) is 9.11. The Bertz CT molecular complexity index is 2110. The molecule has 15 heteroatoms. The molecule has 0 aliphatic carbocycles. The maximum atomic E-state index is 12.8. The quantitative estimate of drug-likeness (QED) is 0.110. The second-order valence-electron chi connectivity index (χ2n) is 15.8. The molecule has 4 heterocycles. The van der Waals surface area contributed by atoms with Crippen molar-refractivity contribution in [3.05, 3.63) is 77.6 Å². The molecule has 54 heavy (non-hydrogen) atoms. The van der Waals surface area contributed by atoms with Gasteiger partial charge in [0.25, 0.3) is 0 Å². The Labute approximate surface area is 321 Å². The number of halogens is 1. The highest BCUT2D eigenvalue weighted by Crippen LogP contribution is 2.40. The van der Waals surface area contributed by atoms with Crippen LogP contribution in [0.1, 0.15) is 60.1 Å². The standard InChI is InChI=1S/C29H33ClN7O3P.C10H17NO2/c1-29(2,3)24-14-17(12-13-37(24)28(38)39)25-19-15-18(10-11-21(19)35-36-25)32-27-31-16-20(30)26(34-27)33-22-8-6-7-9-23(22)41(4,5)40;1-10(2,3)13-9(12)11-7-5-4-6-8-11/h6-12,15-16,24H,13-14H2,1-5H3,(H,35,36)(H,38,39)(H2,31,32,33,34);4-5H,6-8H2,1-3H3. The van der Waals surface area contributed by atoms with Crippen molar-refractivity contribution in [3.63, 3.8) is 0 Å². The van der Waals surface area contributed by atoms with Crippen molar-refractivity contribution in [2.45, 2.75) is 66.0 Å². The molecule has 0 fully saturated rings. The molecule has 2 aromatic heterocycles. The number of aromatic nitrogens is 4. The highest BCUT2D eigenvalue weighted by molar-refractivity contribution is 7.70. The SMILES string of the molecule is CC(C)(C)C1CC(c2n[nH]c3ccc(Nc4ncc(Cl)c(Nc5ccccc5P(C)(C)=O)n4)cc23)=CCN1C(=O)O.CC(C)(C)OC(=O)N1CC=CCC1. The van der Waals surface area contributed by atoms with Gasteiger partial charge in [-0.25, -0.2) is 14.6 Å². The fourth-order valence-electron chi connectivity index (χ4n) is 6.21. The molecule has 0 bridgehead atoms.